The molecule has 4 rings (SSSR count). The smallest absolute Gasteiger partial charge is 0.337 e. The number of aromatic nitrogens is 3. The van der Waals surface area contributed by atoms with Gasteiger partial charge in [0, 0.05) is 18.8 Å². The molecule has 12 heteroatoms. The van der Waals surface area contributed by atoms with E-state index in [0.717, 1.165) is 11.1 Å². The van der Waals surface area contributed by atoms with Gasteiger partial charge in [0.05, 0.1) is 11.6 Å². The number of hydrogen-bond acceptors (Lipinski definition) is 8. The van der Waals surface area contributed by atoms with Crippen LogP contribution < -0.4 is 26.8 Å². The number of carbonyl (C=O) groups is 1. The Hall–Kier alpha value is -5.31. The molecule has 0 spiro atoms. The zero-order chi connectivity index (χ0) is 26.0. The number of anilines is 4. The molecule has 1 heterocycles. The average molecular weight is 502 g/mol. The van der Waals surface area contributed by atoms with E-state index in [4.69, 9.17) is 5.26 Å². The molecule has 0 aliphatic rings. The lowest BCUT2D eigenvalue weighted by Crippen LogP contribution is -2.34. The number of nitriles is 1. The molecule has 0 fully saturated rings. The molecule has 1 aromatic heterocycles. The fourth-order valence-corrected chi connectivity index (χ4v) is 3.06. The summed E-state index contributed by atoms with van der Waals surface area (Å²) in [5, 5.41) is 17.6. The van der Waals surface area contributed by atoms with Crippen LogP contribution in [0.25, 0.3) is 0 Å². The number of nitrogens with one attached hydrogen (secondary N) is 5. The zero-order valence-corrected chi connectivity index (χ0v) is 19.3. The molecule has 10 nitrogen and oxygen atoms in total. The van der Waals surface area contributed by atoms with Crippen LogP contribution in [0.1, 0.15) is 16.7 Å². The van der Waals surface area contributed by atoms with E-state index in [-0.39, 0.29) is 29.5 Å². The summed E-state index contributed by atoms with van der Waals surface area (Å²) in [5.41, 5.74) is 7.61. The Labute approximate surface area is 210 Å². The van der Waals surface area contributed by atoms with Gasteiger partial charge in [-0.3, -0.25) is 5.43 Å². The lowest BCUT2D eigenvalue weighted by atomic mass is 10.2. The monoisotopic (exact) mass is 501 g/mol. The minimum Gasteiger partial charge on any atom is -0.350 e. The van der Waals surface area contributed by atoms with Gasteiger partial charge in [-0.15, -0.1) is 0 Å². The van der Waals surface area contributed by atoms with Crippen molar-refractivity contribution >= 4 is 29.6 Å². The standard InChI is InChI=1S/C25H21F2N9O/c26-19-7-1-17(2-8-19)14-29-22-32-23(30-15-18-3-9-20(27)10-4-18)34-24(33-22)35-36-25(37)31-21-11-5-16(13-28)6-12-21/h1-12H,14-15H2,(H2,31,36,37)(H3,29,30,32,33,34,35). The highest BCUT2D eigenvalue weighted by Gasteiger charge is 2.09. The largest absolute Gasteiger partial charge is 0.350 e. The molecule has 0 radical (unpaired) electrons. The van der Waals surface area contributed by atoms with Crippen molar-refractivity contribution in [3.8, 4) is 6.07 Å². The summed E-state index contributed by atoms with van der Waals surface area (Å²) < 4.78 is 26.4. The van der Waals surface area contributed by atoms with Crippen molar-refractivity contribution in [3.63, 3.8) is 0 Å². The molecule has 0 bridgehead atoms. The predicted octanol–water partition coefficient (Wildman–Crippen LogP) is 4.39. The molecule has 0 saturated carbocycles. The first-order valence-corrected chi connectivity index (χ1v) is 11.0. The number of halogens is 2. The molecule has 0 unspecified atom stereocenters. The highest BCUT2D eigenvalue weighted by molar-refractivity contribution is 5.89. The van der Waals surface area contributed by atoms with Crippen LogP contribution in [0.2, 0.25) is 0 Å². The highest BCUT2D eigenvalue weighted by Crippen LogP contribution is 2.13. The summed E-state index contributed by atoms with van der Waals surface area (Å²) in [6.45, 7) is 0.626. The third kappa shape index (κ3) is 7.59. The second-order valence-electron chi connectivity index (χ2n) is 7.66. The van der Waals surface area contributed by atoms with Crippen LogP contribution in [0.5, 0.6) is 0 Å². The molecule has 0 aliphatic heterocycles. The maximum absolute atomic E-state index is 13.2. The predicted molar refractivity (Wildman–Crippen MR) is 134 cm³/mol. The van der Waals surface area contributed by atoms with Crippen LogP contribution >= 0.6 is 0 Å². The number of amides is 2. The minimum absolute atomic E-state index is 0.0354. The number of rotatable bonds is 9. The van der Waals surface area contributed by atoms with Crippen molar-refractivity contribution in [2.75, 3.05) is 21.4 Å². The van der Waals surface area contributed by atoms with Gasteiger partial charge in [0.1, 0.15) is 11.6 Å². The zero-order valence-electron chi connectivity index (χ0n) is 19.3. The third-order valence-electron chi connectivity index (χ3n) is 4.92. The summed E-state index contributed by atoms with van der Waals surface area (Å²) in [7, 11) is 0. The van der Waals surface area contributed by atoms with E-state index < -0.39 is 6.03 Å². The molecule has 0 aliphatic carbocycles. The Balaban J connectivity index is 1.43. The second kappa shape index (κ2) is 11.9. The number of carbonyl (C=O) groups excluding carboxylic acids is 1. The van der Waals surface area contributed by atoms with Crippen LogP contribution in [-0.2, 0) is 13.1 Å². The van der Waals surface area contributed by atoms with E-state index in [2.05, 4.69) is 41.8 Å². The van der Waals surface area contributed by atoms with Gasteiger partial charge >= 0.3 is 6.03 Å². The minimum atomic E-state index is -0.591. The summed E-state index contributed by atoms with van der Waals surface area (Å²) >= 11 is 0. The fourth-order valence-electron chi connectivity index (χ4n) is 3.06. The molecule has 186 valence electrons. The molecule has 0 saturated heterocycles. The van der Waals surface area contributed by atoms with Crippen LogP contribution in [-0.4, -0.2) is 21.0 Å². The molecule has 3 aromatic carbocycles. The Morgan fingerprint density at radius 1 is 0.730 bits per heavy atom. The number of hydrazine groups is 1. The lowest BCUT2D eigenvalue weighted by Gasteiger charge is -2.13. The van der Waals surface area contributed by atoms with Gasteiger partial charge in [0.25, 0.3) is 0 Å². The lowest BCUT2D eigenvalue weighted by molar-refractivity contribution is 0.253. The molecule has 5 N–H and O–H groups in total. The van der Waals surface area contributed by atoms with Crippen LogP contribution in [0.4, 0.5) is 37.1 Å². The van der Waals surface area contributed by atoms with Gasteiger partial charge in [-0.05, 0) is 59.7 Å². The first-order valence-electron chi connectivity index (χ1n) is 11.0. The molecular formula is C25H21F2N9O. The summed E-state index contributed by atoms with van der Waals surface area (Å²) in [5.74, 6) is -0.260. The third-order valence-corrected chi connectivity index (χ3v) is 4.92. The van der Waals surface area contributed by atoms with Gasteiger partial charge in [0.15, 0.2) is 0 Å². The van der Waals surface area contributed by atoms with Crippen molar-refractivity contribution in [2.24, 2.45) is 0 Å². The summed E-state index contributed by atoms with van der Waals surface area (Å²) in [6.07, 6.45) is 0. The Morgan fingerprint density at radius 2 is 1.22 bits per heavy atom. The summed E-state index contributed by atoms with van der Waals surface area (Å²) in [4.78, 5) is 25.1. The summed E-state index contributed by atoms with van der Waals surface area (Å²) in [6, 6.07) is 19.7. The van der Waals surface area contributed by atoms with Crippen molar-refractivity contribution in [1.82, 2.24) is 20.4 Å². The van der Waals surface area contributed by atoms with Gasteiger partial charge in [-0.1, -0.05) is 24.3 Å². The highest BCUT2D eigenvalue weighted by atomic mass is 19.1. The molecule has 2 amide bonds. The van der Waals surface area contributed by atoms with Crippen molar-refractivity contribution in [2.45, 2.75) is 13.1 Å². The van der Waals surface area contributed by atoms with Crippen molar-refractivity contribution in [1.29, 1.82) is 5.26 Å². The van der Waals surface area contributed by atoms with E-state index in [1.165, 1.54) is 24.3 Å². The number of nitrogens with zero attached hydrogens (tertiary/aromatic N) is 4. The van der Waals surface area contributed by atoms with E-state index in [0.29, 0.717) is 24.3 Å². The molecule has 0 atom stereocenters. The van der Waals surface area contributed by atoms with Gasteiger partial charge < -0.3 is 16.0 Å². The molecular weight excluding hydrogens is 480 g/mol. The van der Waals surface area contributed by atoms with Crippen LogP contribution in [0, 0.1) is 23.0 Å². The maximum Gasteiger partial charge on any atom is 0.337 e. The maximum atomic E-state index is 13.2. The second-order valence-corrected chi connectivity index (χ2v) is 7.66. The van der Waals surface area contributed by atoms with Crippen LogP contribution in [0.3, 0.4) is 0 Å². The van der Waals surface area contributed by atoms with Gasteiger partial charge in [-0.2, -0.15) is 20.2 Å². The van der Waals surface area contributed by atoms with E-state index in [1.807, 2.05) is 6.07 Å². The normalized spacial score (nSPS) is 10.2. The van der Waals surface area contributed by atoms with Crippen LogP contribution in [0.15, 0.2) is 72.8 Å². The fraction of sp³-hybridized carbons (Fsp3) is 0.0800. The average Bonchev–Trinajstić information content (AvgIpc) is 2.92. The topological polar surface area (TPSA) is 140 Å². The first-order chi connectivity index (χ1) is 18.0. The number of benzene rings is 3. The van der Waals surface area contributed by atoms with Crippen molar-refractivity contribution < 1.29 is 13.6 Å². The Morgan fingerprint density at radius 3 is 1.70 bits per heavy atom. The van der Waals surface area contributed by atoms with Gasteiger partial charge in [-0.25, -0.2) is 19.0 Å². The van der Waals surface area contributed by atoms with E-state index >= 15 is 0 Å². The number of hydrogen-bond donors (Lipinski definition) is 5. The molecule has 4 aromatic rings. The first kappa shape index (κ1) is 24.8. The Kier molecular flexibility index (Phi) is 7.97. The van der Waals surface area contributed by atoms with E-state index in [9.17, 15) is 13.6 Å². The SMILES string of the molecule is N#Cc1ccc(NC(=O)NNc2nc(NCc3ccc(F)cc3)nc(NCc3ccc(F)cc3)n2)cc1. The number of urea groups is 1. The van der Waals surface area contributed by atoms with Crippen molar-refractivity contribution in [3.05, 3.63) is 101 Å². The van der Waals surface area contributed by atoms with E-state index in [1.54, 1.807) is 48.5 Å². The Bertz CT molecular complexity index is 1320. The van der Waals surface area contributed by atoms with Gasteiger partial charge in [0.2, 0.25) is 17.8 Å². The molecule has 37 heavy (non-hydrogen) atoms. The quantitative estimate of drug-likeness (QED) is 0.213.